The van der Waals surface area contributed by atoms with Crippen LogP contribution in [0.1, 0.15) is 12.0 Å². The number of benzene rings is 1. The van der Waals surface area contributed by atoms with Crippen molar-refractivity contribution in [1.82, 2.24) is 0 Å². The molecule has 20 heavy (non-hydrogen) atoms. The van der Waals surface area contributed by atoms with Crippen molar-refractivity contribution in [3.63, 3.8) is 0 Å². The van der Waals surface area contributed by atoms with Crippen LogP contribution in [0.25, 0.3) is 0 Å². The molecule has 0 unspecified atom stereocenters. The minimum atomic E-state index is 0.648. The third kappa shape index (κ3) is 4.90. The van der Waals surface area contributed by atoms with Gasteiger partial charge in [0.2, 0.25) is 5.75 Å². The number of hydrogen-bond acceptors (Lipinski definition) is 3. The highest BCUT2D eigenvalue weighted by molar-refractivity contribution is 5.53. The minimum absolute atomic E-state index is 0.648. The van der Waals surface area contributed by atoms with E-state index in [0.29, 0.717) is 17.2 Å². The summed E-state index contributed by atoms with van der Waals surface area (Å²) in [5.41, 5.74) is 1.18. The number of quaternary nitrogens is 2. The number of ether oxygens (including phenoxy) is 3. The second kappa shape index (κ2) is 8.66. The summed E-state index contributed by atoms with van der Waals surface area (Å²) in [5, 5.41) is 2.31. The highest BCUT2D eigenvalue weighted by Gasteiger charge is 2.13. The molecule has 1 aromatic carbocycles. The van der Waals surface area contributed by atoms with E-state index in [-0.39, 0.29) is 0 Å². The van der Waals surface area contributed by atoms with Gasteiger partial charge in [-0.05, 0) is 12.1 Å². The van der Waals surface area contributed by atoms with Crippen LogP contribution in [0, 0.1) is 0 Å². The van der Waals surface area contributed by atoms with Crippen LogP contribution < -0.4 is 24.4 Å². The zero-order chi connectivity index (χ0) is 15.0. The van der Waals surface area contributed by atoms with Gasteiger partial charge in [0, 0.05) is 12.0 Å². The van der Waals surface area contributed by atoms with Crippen LogP contribution in [0.15, 0.2) is 12.1 Å². The number of rotatable bonds is 9. The highest BCUT2D eigenvalue weighted by Crippen LogP contribution is 2.37. The second-order valence-electron chi connectivity index (χ2n) is 5.13. The molecule has 3 N–H and O–H groups in total. The Morgan fingerprint density at radius 3 is 2.05 bits per heavy atom. The first-order chi connectivity index (χ1) is 9.62. The highest BCUT2D eigenvalue weighted by atomic mass is 16.5. The van der Waals surface area contributed by atoms with Gasteiger partial charge in [-0.15, -0.1) is 0 Å². The van der Waals surface area contributed by atoms with Crippen molar-refractivity contribution in [2.24, 2.45) is 0 Å². The van der Waals surface area contributed by atoms with Crippen molar-refractivity contribution < 1.29 is 24.4 Å². The summed E-state index contributed by atoms with van der Waals surface area (Å²) in [6.07, 6.45) is 1.22. The molecule has 0 fully saturated rings. The molecule has 0 heterocycles. The summed E-state index contributed by atoms with van der Waals surface area (Å²) >= 11 is 0. The van der Waals surface area contributed by atoms with Gasteiger partial charge in [0.05, 0.1) is 48.5 Å². The predicted octanol–water partition coefficient (Wildman–Crippen LogP) is -0.690. The van der Waals surface area contributed by atoms with E-state index in [0.717, 1.165) is 13.1 Å². The Bertz CT molecular complexity index is 383. The first kappa shape index (κ1) is 16.6. The number of hydrogen-bond donors (Lipinski definition) is 2. The standard InChI is InChI=1S/C15H26N2O3/c1-17(2)8-6-7-16-11-12-9-13(18-3)15(20-5)14(10-12)19-4/h9-10,16H,6-8,11H2,1-5H3/p+2. The summed E-state index contributed by atoms with van der Waals surface area (Å²) in [4.78, 5) is 1.49. The van der Waals surface area contributed by atoms with E-state index in [1.165, 1.54) is 23.4 Å². The predicted molar refractivity (Wildman–Crippen MR) is 78.9 cm³/mol. The smallest absolute Gasteiger partial charge is 0.203 e. The lowest BCUT2D eigenvalue weighted by atomic mass is 10.1. The van der Waals surface area contributed by atoms with E-state index in [1.54, 1.807) is 21.3 Å². The van der Waals surface area contributed by atoms with Gasteiger partial charge >= 0.3 is 0 Å². The van der Waals surface area contributed by atoms with Gasteiger partial charge in [-0.3, -0.25) is 0 Å². The van der Waals surface area contributed by atoms with Crippen LogP contribution in [-0.2, 0) is 6.54 Å². The Morgan fingerprint density at radius 2 is 1.60 bits per heavy atom. The SMILES string of the molecule is COc1cc(C[NH2+]CCC[NH+](C)C)cc(OC)c1OC. The van der Waals surface area contributed by atoms with Gasteiger partial charge in [-0.2, -0.15) is 0 Å². The molecule has 5 nitrogen and oxygen atoms in total. The van der Waals surface area contributed by atoms with Gasteiger partial charge in [0.1, 0.15) is 6.54 Å². The molecular formula is C15H28N2O3+2. The number of nitrogens with two attached hydrogens (primary N) is 1. The zero-order valence-electron chi connectivity index (χ0n) is 13.3. The Morgan fingerprint density at radius 1 is 1.00 bits per heavy atom. The normalized spacial score (nSPS) is 10.7. The maximum Gasteiger partial charge on any atom is 0.203 e. The van der Waals surface area contributed by atoms with Gasteiger partial charge in [-0.1, -0.05) is 0 Å². The van der Waals surface area contributed by atoms with Crippen molar-refractivity contribution in [2.45, 2.75) is 13.0 Å². The Balaban J connectivity index is 2.62. The van der Waals surface area contributed by atoms with Gasteiger partial charge in [0.25, 0.3) is 0 Å². The van der Waals surface area contributed by atoms with E-state index in [1.807, 2.05) is 12.1 Å². The van der Waals surface area contributed by atoms with Crippen molar-refractivity contribution in [3.05, 3.63) is 17.7 Å². The van der Waals surface area contributed by atoms with Crippen molar-refractivity contribution >= 4 is 0 Å². The molecule has 0 amide bonds. The molecular weight excluding hydrogens is 256 g/mol. The third-order valence-corrected chi connectivity index (χ3v) is 3.19. The average Bonchev–Trinajstić information content (AvgIpc) is 2.45. The third-order valence-electron chi connectivity index (χ3n) is 3.19. The molecule has 1 rings (SSSR count). The number of methoxy groups -OCH3 is 3. The molecule has 0 atom stereocenters. The van der Waals surface area contributed by atoms with Gasteiger partial charge < -0.3 is 24.4 Å². The van der Waals surface area contributed by atoms with Crippen LogP contribution in [0.3, 0.4) is 0 Å². The summed E-state index contributed by atoms with van der Waals surface area (Å²) in [6.45, 7) is 3.24. The van der Waals surface area contributed by atoms with Crippen molar-refractivity contribution in [3.8, 4) is 17.2 Å². The van der Waals surface area contributed by atoms with E-state index in [4.69, 9.17) is 14.2 Å². The van der Waals surface area contributed by atoms with Crippen molar-refractivity contribution in [1.29, 1.82) is 0 Å². The molecule has 114 valence electrons. The summed E-state index contributed by atoms with van der Waals surface area (Å²) < 4.78 is 16.0. The van der Waals surface area contributed by atoms with Crippen LogP contribution in [0.5, 0.6) is 17.2 Å². The lowest BCUT2D eigenvalue weighted by molar-refractivity contribution is -0.860. The molecule has 0 saturated carbocycles. The lowest BCUT2D eigenvalue weighted by Crippen LogP contribution is -3.06. The molecule has 0 bridgehead atoms. The number of nitrogens with one attached hydrogen (secondary N) is 1. The topological polar surface area (TPSA) is 48.7 Å². The van der Waals surface area contributed by atoms with Crippen molar-refractivity contribution in [2.75, 3.05) is 48.5 Å². The van der Waals surface area contributed by atoms with E-state index in [9.17, 15) is 0 Å². The average molecular weight is 284 g/mol. The van der Waals surface area contributed by atoms with E-state index >= 15 is 0 Å². The van der Waals surface area contributed by atoms with Crippen LogP contribution in [-0.4, -0.2) is 48.5 Å². The van der Waals surface area contributed by atoms with Gasteiger partial charge in [0.15, 0.2) is 11.5 Å². The van der Waals surface area contributed by atoms with Crippen LogP contribution in [0.4, 0.5) is 0 Å². The fraction of sp³-hybridized carbons (Fsp3) is 0.600. The fourth-order valence-electron chi connectivity index (χ4n) is 2.12. The molecule has 0 aliphatic heterocycles. The minimum Gasteiger partial charge on any atom is -0.493 e. The molecule has 0 saturated heterocycles. The van der Waals surface area contributed by atoms with Crippen LogP contribution in [0.2, 0.25) is 0 Å². The maximum atomic E-state index is 5.36. The van der Waals surface area contributed by atoms with E-state index in [2.05, 4.69) is 19.4 Å². The quantitative estimate of drug-likeness (QED) is 0.590. The molecule has 0 aliphatic carbocycles. The monoisotopic (exact) mass is 284 g/mol. The molecule has 0 spiro atoms. The molecule has 5 heteroatoms. The van der Waals surface area contributed by atoms with Crippen LogP contribution >= 0.6 is 0 Å². The fourth-order valence-corrected chi connectivity index (χ4v) is 2.12. The first-order valence-corrected chi connectivity index (χ1v) is 7.02. The Labute approximate surface area is 121 Å². The molecule has 0 aliphatic rings. The molecule has 1 aromatic rings. The Hall–Kier alpha value is -1.46. The van der Waals surface area contributed by atoms with Gasteiger partial charge in [-0.25, -0.2) is 0 Å². The molecule has 0 radical (unpaired) electrons. The Kier molecular flexibility index (Phi) is 7.18. The lowest BCUT2D eigenvalue weighted by Gasteiger charge is -2.13. The largest absolute Gasteiger partial charge is 0.493 e. The van der Waals surface area contributed by atoms with E-state index < -0.39 is 0 Å². The second-order valence-corrected chi connectivity index (χ2v) is 5.13. The zero-order valence-corrected chi connectivity index (χ0v) is 13.3. The maximum absolute atomic E-state index is 5.36. The summed E-state index contributed by atoms with van der Waals surface area (Å²) in [7, 11) is 9.27. The first-order valence-electron chi connectivity index (χ1n) is 7.02. The summed E-state index contributed by atoms with van der Waals surface area (Å²) in [5.74, 6) is 2.08. The summed E-state index contributed by atoms with van der Waals surface area (Å²) in [6, 6.07) is 4.02. The molecule has 0 aromatic heterocycles.